The van der Waals surface area contributed by atoms with E-state index < -0.39 is 5.91 Å². The number of carbonyl (C=O) groups is 1. The number of rotatable bonds is 5. The molecular weight excluding hydrogens is 419 g/mol. The van der Waals surface area contributed by atoms with E-state index in [-0.39, 0.29) is 11.6 Å². The summed E-state index contributed by atoms with van der Waals surface area (Å²) in [6, 6.07) is 18.1. The monoisotopic (exact) mass is 436 g/mol. The molecule has 0 atom stereocenters. The molecular formula is C23H18ClFN4O2. The van der Waals surface area contributed by atoms with Gasteiger partial charge in [0.1, 0.15) is 11.6 Å². The van der Waals surface area contributed by atoms with E-state index in [1.165, 1.54) is 16.8 Å². The number of benzene rings is 3. The number of nitrogens with one attached hydrogen (secondary N) is 1. The number of halogens is 2. The lowest BCUT2D eigenvalue weighted by Crippen LogP contribution is -2.14. The maximum absolute atomic E-state index is 13.4. The number of nitrogens with zero attached hydrogens (tertiary/aromatic N) is 3. The van der Waals surface area contributed by atoms with Crippen molar-refractivity contribution >= 4 is 23.2 Å². The fourth-order valence-electron chi connectivity index (χ4n) is 3.05. The van der Waals surface area contributed by atoms with E-state index in [4.69, 9.17) is 16.3 Å². The summed E-state index contributed by atoms with van der Waals surface area (Å²) in [5.74, 6) is 0.188. The number of ether oxygens (including phenoxy) is 1. The molecule has 3 aromatic carbocycles. The van der Waals surface area contributed by atoms with Gasteiger partial charge in [0.15, 0.2) is 5.82 Å². The summed E-state index contributed by atoms with van der Waals surface area (Å²) in [5.41, 5.74) is 2.63. The Kier molecular flexibility index (Phi) is 5.68. The number of amides is 1. The molecule has 0 bridgehead atoms. The van der Waals surface area contributed by atoms with Crippen LogP contribution in [0.3, 0.4) is 0 Å². The van der Waals surface area contributed by atoms with Gasteiger partial charge in [-0.25, -0.2) is 14.1 Å². The zero-order valence-corrected chi connectivity index (χ0v) is 17.5. The average Bonchev–Trinajstić information content (AvgIpc) is 3.22. The first-order chi connectivity index (χ1) is 15.0. The molecule has 1 amide bonds. The number of methoxy groups -OCH3 is 1. The second kappa shape index (κ2) is 8.57. The van der Waals surface area contributed by atoms with Crippen LogP contribution in [0.15, 0.2) is 66.7 Å². The van der Waals surface area contributed by atoms with Gasteiger partial charge in [-0.1, -0.05) is 17.7 Å². The molecule has 31 heavy (non-hydrogen) atoms. The molecule has 0 radical (unpaired) electrons. The highest BCUT2D eigenvalue weighted by molar-refractivity contribution is 6.31. The van der Waals surface area contributed by atoms with E-state index >= 15 is 0 Å². The molecule has 1 heterocycles. The maximum atomic E-state index is 13.4. The van der Waals surface area contributed by atoms with Crippen LogP contribution in [0, 0.1) is 12.7 Å². The summed E-state index contributed by atoms with van der Waals surface area (Å²) >= 11 is 6.28. The van der Waals surface area contributed by atoms with Crippen molar-refractivity contribution in [1.82, 2.24) is 14.8 Å². The van der Waals surface area contributed by atoms with Crippen LogP contribution in [0.5, 0.6) is 5.75 Å². The van der Waals surface area contributed by atoms with Gasteiger partial charge in [-0.2, -0.15) is 0 Å². The van der Waals surface area contributed by atoms with Gasteiger partial charge < -0.3 is 10.1 Å². The van der Waals surface area contributed by atoms with Gasteiger partial charge in [-0.3, -0.25) is 4.79 Å². The third-order valence-electron chi connectivity index (χ3n) is 4.73. The minimum absolute atomic E-state index is 0.0329. The fraction of sp³-hybridized carbons (Fsp3) is 0.0870. The van der Waals surface area contributed by atoms with Crippen LogP contribution in [0.4, 0.5) is 10.1 Å². The third-order valence-corrected chi connectivity index (χ3v) is 5.14. The molecule has 0 unspecified atom stereocenters. The highest BCUT2D eigenvalue weighted by Crippen LogP contribution is 2.27. The molecule has 0 saturated carbocycles. The number of aromatic nitrogens is 3. The molecule has 1 N–H and O–H groups in total. The minimum Gasteiger partial charge on any atom is -0.497 e. The zero-order valence-electron chi connectivity index (χ0n) is 16.8. The number of carbonyl (C=O) groups excluding carboxylic acids is 1. The van der Waals surface area contributed by atoms with Crippen LogP contribution in [0.2, 0.25) is 5.02 Å². The van der Waals surface area contributed by atoms with Crippen molar-refractivity contribution in [1.29, 1.82) is 0 Å². The normalized spacial score (nSPS) is 10.7. The van der Waals surface area contributed by atoms with Gasteiger partial charge in [0.25, 0.3) is 5.91 Å². The molecule has 0 spiro atoms. The fourth-order valence-corrected chi connectivity index (χ4v) is 3.22. The summed E-state index contributed by atoms with van der Waals surface area (Å²) in [7, 11) is 1.57. The smallest absolute Gasteiger partial charge is 0.295 e. The lowest BCUT2D eigenvalue weighted by Gasteiger charge is -2.10. The first kappa shape index (κ1) is 20.6. The van der Waals surface area contributed by atoms with Crippen molar-refractivity contribution in [2.45, 2.75) is 6.92 Å². The molecule has 156 valence electrons. The van der Waals surface area contributed by atoms with E-state index in [1.807, 2.05) is 13.0 Å². The third kappa shape index (κ3) is 4.27. The van der Waals surface area contributed by atoms with E-state index in [0.717, 1.165) is 5.56 Å². The summed E-state index contributed by atoms with van der Waals surface area (Å²) < 4.78 is 20.1. The largest absolute Gasteiger partial charge is 0.497 e. The number of hydrogen-bond donors (Lipinski definition) is 1. The van der Waals surface area contributed by atoms with Crippen LogP contribution < -0.4 is 10.1 Å². The Hall–Kier alpha value is -3.71. The van der Waals surface area contributed by atoms with Gasteiger partial charge in [-0.05, 0) is 73.2 Å². The van der Waals surface area contributed by atoms with E-state index in [2.05, 4.69) is 15.4 Å². The Labute approximate surface area is 183 Å². The molecule has 4 aromatic rings. The van der Waals surface area contributed by atoms with Crippen molar-refractivity contribution in [2.75, 3.05) is 12.4 Å². The highest BCUT2D eigenvalue weighted by Gasteiger charge is 2.20. The van der Waals surface area contributed by atoms with Crippen molar-refractivity contribution < 1.29 is 13.9 Å². The van der Waals surface area contributed by atoms with Crippen LogP contribution >= 0.6 is 11.6 Å². The van der Waals surface area contributed by atoms with Crippen molar-refractivity contribution in [2.24, 2.45) is 0 Å². The summed E-state index contributed by atoms with van der Waals surface area (Å²) in [6.07, 6.45) is 0. The van der Waals surface area contributed by atoms with E-state index in [9.17, 15) is 9.18 Å². The first-order valence-corrected chi connectivity index (χ1v) is 9.78. The molecule has 0 fully saturated rings. The second-order valence-electron chi connectivity index (χ2n) is 6.74. The quantitative estimate of drug-likeness (QED) is 0.461. The molecule has 0 aliphatic rings. The zero-order chi connectivity index (χ0) is 22.0. The molecule has 4 rings (SSSR count). The van der Waals surface area contributed by atoms with Crippen LogP contribution in [-0.4, -0.2) is 27.8 Å². The van der Waals surface area contributed by atoms with Crippen LogP contribution in [0.25, 0.3) is 17.1 Å². The predicted molar refractivity (Wildman–Crippen MR) is 117 cm³/mol. The van der Waals surface area contributed by atoms with E-state index in [0.29, 0.717) is 33.5 Å². The Morgan fingerprint density at radius 2 is 1.77 bits per heavy atom. The van der Waals surface area contributed by atoms with Gasteiger partial charge in [0.2, 0.25) is 5.82 Å². The Morgan fingerprint density at radius 3 is 2.45 bits per heavy atom. The topological polar surface area (TPSA) is 69.0 Å². The lowest BCUT2D eigenvalue weighted by molar-refractivity contribution is 0.101. The second-order valence-corrected chi connectivity index (χ2v) is 7.15. The van der Waals surface area contributed by atoms with Gasteiger partial charge in [-0.15, -0.1) is 5.10 Å². The molecule has 0 aliphatic heterocycles. The molecule has 0 saturated heterocycles. The van der Waals surface area contributed by atoms with Gasteiger partial charge >= 0.3 is 0 Å². The number of hydrogen-bond acceptors (Lipinski definition) is 4. The van der Waals surface area contributed by atoms with Crippen molar-refractivity contribution in [3.05, 3.63) is 89.0 Å². The van der Waals surface area contributed by atoms with Crippen molar-refractivity contribution in [3.8, 4) is 22.8 Å². The number of anilines is 1. The van der Waals surface area contributed by atoms with E-state index in [1.54, 1.807) is 55.6 Å². The molecule has 8 heteroatoms. The van der Waals surface area contributed by atoms with Crippen LogP contribution in [0.1, 0.15) is 16.2 Å². The predicted octanol–water partition coefficient (Wildman–Crippen LogP) is 5.30. The van der Waals surface area contributed by atoms with Crippen LogP contribution in [-0.2, 0) is 0 Å². The summed E-state index contributed by atoms with van der Waals surface area (Å²) in [4.78, 5) is 17.3. The minimum atomic E-state index is -0.480. The van der Waals surface area contributed by atoms with Crippen molar-refractivity contribution in [3.63, 3.8) is 0 Å². The Balaban J connectivity index is 1.76. The standard InChI is InChI=1S/C23H18ClFN4O2/c1-14-19(24)4-3-5-20(14)29-22(15-6-8-16(25)9-7-15)27-21(28-29)23(30)26-17-10-12-18(31-2)13-11-17/h3-13H,1-2H3,(H,26,30). The maximum Gasteiger partial charge on any atom is 0.295 e. The highest BCUT2D eigenvalue weighted by atomic mass is 35.5. The SMILES string of the molecule is COc1ccc(NC(=O)c2nc(-c3ccc(F)cc3)n(-c3cccc(Cl)c3C)n2)cc1. The summed E-state index contributed by atoms with van der Waals surface area (Å²) in [5, 5.41) is 7.75. The van der Waals surface area contributed by atoms with Gasteiger partial charge in [0.05, 0.1) is 12.8 Å². The van der Waals surface area contributed by atoms with Gasteiger partial charge in [0, 0.05) is 16.3 Å². The molecule has 6 nitrogen and oxygen atoms in total. The lowest BCUT2D eigenvalue weighted by atomic mass is 10.1. The molecule has 1 aromatic heterocycles. The molecule has 0 aliphatic carbocycles. The Morgan fingerprint density at radius 1 is 1.06 bits per heavy atom. The Bertz CT molecular complexity index is 1240. The average molecular weight is 437 g/mol. The summed E-state index contributed by atoms with van der Waals surface area (Å²) in [6.45, 7) is 1.85. The first-order valence-electron chi connectivity index (χ1n) is 9.40.